The minimum absolute atomic E-state index is 0.734. The molecule has 1 fully saturated rings. The number of piperidine rings is 1. The summed E-state index contributed by atoms with van der Waals surface area (Å²) in [5.74, 6) is 0. The molecule has 4 nitrogen and oxygen atoms in total. The van der Waals surface area contributed by atoms with E-state index < -0.39 is 0 Å². The maximum atomic E-state index is 5.54. The minimum Gasteiger partial charge on any atom is -0.360 e. The van der Waals surface area contributed by atoms with Gasteiger partial charge in [0.1, 0.15) is 0 Å². The summed E-state index contributed by atoms with van der Waals surface area (Å²) in [6, 6.07) is 0.734. The molecule has 2 aliphatic rings. The van der Waals surface area contributed by atoms with Gasteiger partial charge in [0.05, 0.1) is 6.34 Å². The zero-order valence-electron chi connectivity index (χ0n) is 10.1. The van der Waals surface area contributed by atoms with Gasteiger partial charge in [0.25, 0.3) is 0 Å². The predicted octanol–water partition coefficient (Wildman–Crippen LogP) is 0.534. The van der Waals surface area contributed by atoms with Crippen molar-refractivity contribution < 1.29 is 0 Å². The topological polar surface area (TPSA) is 44.9 Å². The highest BCUT2D eigenvalue weighted by Crippen LogP contribution is 2.17. The SMILES string of the molecule is NCCCN1CCC(N2C=NCCC2)CC1. The van der Waals surface area contributed by atoms with Crippen LogP contribution >= 0.6 is 0 Å². The zero-order valence-corrected chi connectivity index (χ0v) is 10.1. The molecule has 0 aromatic heterocycles. The third-order valence-corrected chi connectivity index (χ3v) is 3.64. The number of aliphatic imine (C=N–C) groups is 1. The smallest absolute Gasteiger partial charge is 0.0852 e. The molecule has 0 unspecified atom stereocenters. The molecule has 92 valence electrons. The van der Waals surface area contributed by atoms with Crippen molar-refractivity contribution in [2.45, 2.75) is 31.7 Å². The number of nitrogens with zero attached hydrogens (tertiary/aromatic N) is 3. The van der Waals surface area contributed by atoms with Crippen molar-refractivity contribution in [3.05, 3.63) is 0 Å². The van der Waals surface area contributed by atoms with E-state index in [1.54, 1.807) is 0 Å². The summed E-state index contributed by atoms with van der Waals surface area (Å²) in [5.41, 5.74) is 5.54. The Labute approximate surface area is 98.5 Å². The second-order valence-corrected chi connectivity index (χ2v) is 4.83. The van der Waals surface area contributed by atoms with E-state index in [1.165, 1.54) is 45.4 Å². The molecule has 0 bridgehead atoms. The molecule has 2 heterocycles. The summed E-state index contributed by atoms with van der Waals surface area (Å²) < 4.78 is 0. The Kier molecular flexibility index (Phi) is 4.60. The average molecular weight is 224 g/mol. The Bertz CT molecular complexity index is 221. The summed E-state index contributed by atoms with van der Waals surface area (Å²) >= 11 is 0. The molecule has 2 aliphatic heterocycles. The first-order valence-corrected chi connectivity index (χ1v) is 6.58. The van der Waals surface area contributed by atoms with Gasteiger partial charge in [-0.15, -0.1) is 0 Å². The van der Waals surface area contributed by atoms with Crippen molar-refractivity contribution in [3.63, 3.8) is 0 Å². The largest absolute Gasteiger partial charge is 0.360 e. The van der Waals surface area contributed by atoms with Crippen molar-refractivity contribution in [2.24, 2.45) is 10.7 Å². The molecule has 16 heavy (non-hydrogen) atoms. The van der Waals surface area contributed by atoms with E-state index in [-0.39, 0.29) is 0 Å². The molecule has 0 radical (unpaired) electrons. The van der Waals surface area contributed by atoms with E-state index in [0.717, 1.165) is 25.6 Å². The third kappa shape index (κ3) is 3.19. The number of nitrogens with two attached hydrogens (primary N) is 1. The maximum absolute atomic E-state index is 5.54. The molecule has 0 amide bonds. The normalized spacial score (nSPS) is 23.9. The second-order valence-electron chi connectivity index (χ2n) is 4.83. The van der Waals surface area contributed by atoms with Crippen molar-refractivity contribution in [2.75, 3.05) is 39.3 Å². The lowest BCUT2D eigenvalue weighted by atomic mass is 10.0. The van der Waals surface area contributed by atoms with Crippen LogP contribution in [0.3, 0.4) is 0 Å². The maximum Gasteiger partial charge on any atom is 0.0852 e. The quantitative estimate of drug-likeness (QED) is 0.758. The van der Waals surface area contributed by atoms with Crippen LogP contribution in [-0.2, 0) is 0 Å². The van der Waals surface area contributed by atoms with Gasteiger partial charge in [-0.05, 0) is 38.8 Å². The number of hydrogen-bond acceptors (Lipinski definition) is 4. The van der Waals surface area contributed by atoms with Crippen LogP contribution in [0, 0.1) is 0 Å². The fraction of sp³-hybridized carbons (Fsp3) is 0.917. The lowest BCUT2D eigenvalue weighted by molar-refractivity contribution is 0.152. The van der Waals surface area contributed by atoms with E-state index >= 15 is 0 Å². The Hall–Kier alpha value is -0.610. The van der Waals surface area contributed by atoms with E-state index in [9.17, 15) is 0 Å². The summed E-state index contributed by atoms with van der Waals surface area (Å²) in [5, 5.41) is 0. The molecule has 0 saturated carbocycles. The van der Waals surface area contributed by atoms with Crippen molar-refractivity contribution in [3.8, 4) is 0 Å². The lowest BCUT2D eigenvalue weighted by Crippen LogP contribution is -2.46. The van der Waals surface area contributed by atoms with Crippen LogP contribution in [0.1, 0.15) is 25.7 Å². The van der Waals surface area contributed by atoms with Crippen LogP contribution in [0.15, 0.2) is 4.99 Å². The van der Waals surface area contributed by atoms with Crippen LogP contribution in [0.4, 0.5) is 0 Å². The molecule has 0 aromatic rings. The molecule has 4 heteroatoms. The number of hydrogen-bond donors (Lipinski definition) is 1. The van der Waals surface area contributed by atoms with E-state index in [2.05, 4.69) is 21.1 Å². The monoisotopic (exact) mass is 224 g/mol. The van der Waals surface area contributed by atoms with Gasteiger partial charge in [0.15, 0.2) is 0 Å². The first-order chi connectivity index (χ1) is 7.90. The Morgan fingerprint density at radius 2 is 2.06 bits per heavy atom. The fourth-order valence-electron chi connectivity index (χ4n) is 2.63. The van der Waals surface area contributed by atoms with Gasteiger partial charge in [0, 0.05) is 32.2 Å². The molecule has 1 saturated heterocycles. The van der Waals surface area contributed by atoms with Gasteiger partial charge in [0.2, 0.25) is 0 Å². The molecule has 0 aliphatic carbocycles. The molecule has 0 spiro atoms. The summed E-state index contributed by atoms with van der Waals surface area (Å²) in [7, 11) is 0. The molecular weight excluding hydrogens is 200 g/mol. The highest BCUT2D eigenvalue weighted by molar-refractivity contribution is 5.56. The molecule has 2 rings (SSSR count). The van der Waals surface area contributed by atoms with Crippen LogP contribution in [0.2, 0.25) is 0 Å². The summed E-state index contributed by atoms with van der Waals surface area (Å²) in [6.07, 6.45) is 7.01. The molecule has 0 aromatic carbocycles. The van der Waals surface area contributed by atoms with Crippen molar-refractivity contribution >= 4 is 6.34 Å². The summed E-state index contributed by atoms with van der Waals surface area (Å²) in [6.45, 7) is 6.68. The Balaban J connectivity index is 1.72. The number of likely N-dealkylation sites (tertiary alicyclic amines) is 1. The number of rotatable bonds is 4. The van der Waals surface area contributed by atoms with Crippen LogP contribution in [0.25, 0.3) is 0 Å². The van der Waals surface area contributed by atoms with E-state index in [1.807, 2.05) is 0 Å². The van der Waals surface area contributed by atoms with E-state index in [0.29, 0.717) is 0 Å². The second kappa shape index (κ2) is 6.21. The van der Waals surface area contributed by atoms with Crippen LogP contribution in [0.5, 0.6) is 0 Å². The first-order valence-electron chi connectivity index (χ1n) is 6.58. The van der Waals surface area contributed by atoms with Crippen molar-refractivity contribution in [1.29, 1.82) is 0 Å². The van der Waals surface area contributed by atoms with E-state index in [4.69, 9.17) is 5.73 Å². The molecule has 0 atom stereocenters. The third-order valence-electron chi connectivity index (χ3n) is 3.64. The average Bonchev–Trinajstić information content (AvgIpc) is 2.38. The Morgan fingerprint density at radius 1 is 1.25 bits per heavy atom. The zero-order chi connectivity index (χ0) is 11.2. The predicted molar refractivity (Wildman–Crippen MR) is 67.8 cm³/mol. The van der Waals surface area contributed by atoms with Crippen LogP contribution in [-0.4, -0.2) is 61.4 Å². The minimum atomic E-state index is 0.734. The molecular formula is C12H24N4. The molecule has 2 N–H and O–H groups in total. The first kappa shape index (κ1) is 11.9. The van der Waals surface area contributed by atoms with Gasteiger partial charge >= 0.3 is 0 Å². The fourth-order valence-corrected chi connectivity index (χ4v) is 2.63. The summed E-state index contributed by atoms with van der Waals surface area (Å²) in [4.78, 5) is 9.37. The van der Waals surface area contributed by atoms with Crippen LogP contribution < -0.4 is 5.73 Å². The lowest BCUT2D eigenvalue weighted by Gasteiger charge is -2.38. The van der Waals surface area contributed by atoms with Gasteiger partial charge in [-0.3, -0.25) is 4.99 Å². The van der Waals surface area contributed by atoms with Gasteiger partial charge < -0.3 is 15.5 Å². The highest BCUT2D eigenvalue weighted by Gasteiger charge is 2.23. The standard InChI is InChI=1S/C12H24N4/c13-5-1-7-15-9-3-12(4-10-15)16-8-2-6-14-11-16/h11-12H,1-10,13H2. The van der Waals surface area contributed by atoms with Gasteiger partial charge in [-0.2, -0.15) is 0 Å². The Morgan fingerprint density at radius 3 is 2.69 bits per heavy atom. The van der Waals surface area contributed by atoms with Crippen molar-refractivity contribution in [1.82, 2.24) is 9.80 Å². The van der Waals surface area contributed by atoms with Gasteiger partial charge in [-0.1, -0.05) is 0 Å². The van der Waals surface area contributed by atoms with Gasteiger partial charge in [-0.25, -0.2) is 0 Å². The highest BCUT2D eigenvalue weighted by atomic mass is 15.2.